The van der Waals surface area contributed by atoms with Gasteiger partial charge in [-0.3, -0.25) is 9.59 Å². The first-order valence-electron chi connectivity index (χ1n) is 7.26. The highest BCUT2D eigenvalue weighted by Crippen LogP contribution is 2.14. The molecule has 6 heteroatoms. The minimum Gasteiger partial charge on any atom is -0.283 e. The van der Waals surface area contributed by atoms with Crippen molar-refractivity contribution in [3.8, 4) is 0 Å². The number of fused-ring (bicyclic) bond motifs is 2. The molecular formula is C18H10N4O2. The molecule has 0 saturated heterocycles. The lowest BCUT2D eigenvalue weighted by Gasteiger charge is -2.02. The number of nitrogens with zero attached hydrogens (tertiary/aromatic N) is 4. The molecule has 0 aliphatic carbocycles. The second-order valence-electron chi connectivity index (χ2n) is 5.24. The first kappa shape index (κ1) is 14.1. The summed E-state index contributed by atoms with van der Waals surface area (Å²) in [6.07, 6.45) is 0. The van der Waals surface area contributed by atoms with Crippen LogP contribution in [0.1, 0.15) is 21.0 Å². The van der Waals surface area contributed by atoms with Crippen LogP contribution in [0.15, 0.2) is 60.7 Å². The third-order valence-electron chi connectivity index (χ3n) is 3.66. The standard InChI is InChI=1S/C18H10N4O2/c23-17(15-9-11-5-1-3-7-13(11)19-21-15)18(24)16-10-12-6-2-4-8-14(12)20-22-16/h1-10H. The van der Waals surface area contributed by atoms with Gasteiger partial charge in [0, 0.05) is 10.8 Å². The molecule has 0 radical (unpaired) electrons. The molecule has 114 valence electrons. The molecule has 0 atom stereocenters. The highest BCUT2D eigenvalue weighted by molar-refractivity contribution is 6.48. The van der Waals surface area contributed by atoms with E-state index in [9.17, 15) is 9.59 Å². The summed E-state index contributed by atoms with van der Waals surface area (Å²) in [5.74, 6) is -1.50. The van der Waals surface area contributed by atoms with Crippen molar-refractivity contribution in [3.05, 3.63) is 72.1 Å². The van der Waals surface area contributed by atoms with Crippen LogP contribution in [0.5, 0.6) is 0 Å². The van der Waals surface area contributed by atoms with Gasteiger partial charge < -0.3 is 0 Å². The number of Topliss-reactive ketones (excluding diaryl/α,β-unsaturated/α-hetero) is 2. The van der Waals surface area contributed by atoms with Crippen LogP contribution in [-0.2, 0) is 0 Å². The summed E-state index contributed by atoms with van der Waals surface area (Å²) >= 11 is 0. The van der Waals surface area contributed by atoms with E-state index in [0.717, 1.165) is 10.8 Å². The molecule has 0 unspecified atom stereocenters. The summed E-state index contributed by atoms with van der Waals surface area (Å²) in [6.45, 7) is 0. The molecule has 0 spiro atoms. The number of hydrogen-bond donors (Lipinski definition) is 0. The van der Waals surface area contributed by atoms with Crippen LogP contribution in [0, 0.1) is 0 Å². The summed E-state index contributed by atoms with van der Waals surface area (Å²) in [4.78, 5) is 24.8. The van der Waals surface area contributed by atoms with Crippen molar-refractivity contribution in [1.29, 1.82) is 0 Å². The van der Waals surface area contributed by atoms with Gasteiger partial charge >= 0.3 is 0 Å². The monoisotopic (exact) mass is 314 g/mol. The molecule has 2 heterocycles. The van der Waals surface area contributed by atoms with E-state index < -0.39 is 11.6 Å². The Balaban J connectivity index is 1.72. The van der Waals surface area contributed by atoms with E-state index in [1.54, 1.807) is 36.4 Å². The summed E-state index contributed by atoms with van der Waals surface area (Å²) in [6, 6.07) is 17.6. The number of hydrogen-bond acceptors (Lipinski definition) is 6. The van der Waals surface area contributed by atoms with Crippen molar-refractivity contribution in [2.45, 2.75) is 0 Å². The third kappa shape index (κ3) is 2.40. The Labute approximate surface area is 136 Å². The second kappa shape index (κ2) is 5.58. The topological polar surface area (TPSA) is 85.7 Å². The van der Waals surface area contributed by atoms with Gasteiger partial charge in [0.15, 0.2) is 0 Å². The smallest absolute Gasteiger partial charge is 0.255 e. The third-order valence-corrected chi connectivity index (χ3v) is 3.66. The highest BCUT2D eigenvalue weighted by Gasteiger charge is 2.22. The molecule has 0 aliphatic rings. The van der Waals surface area contributed by atoms with E-state index in [2.05, 4.69) is 20.4 Å². The van der Waals surface area contributed by atoms with E-state index in [-0.39, 0.29) is 11.4 Å². The van der Waals surface area contributed by atoms with Gasteiger partial charge in [0.1, 0.15) is 11.4 Å². The van der Waals surface area contributed by atoms with Crippen LogP contribution < -0.4 is 0 Å². The largest absolute Gasteiger partial charge is 0.283 e. The van der Waals surface area contributed by atoms with E-state index in [0.29, 0.717) is 11.0 Å². The Hall–Kier alpha value is -3.54. The lowest BCUT2D eigenvalue weighted by molar-refractivity contribution is 0.0810. The summed E-state index contributed by atoms with van der Waals surface area (Å²) in [5.41, 5.74) is 1.31. The van der Waals surface area contributed by atoms with Crippen LogP contribution in [-0.4, -0.2) is 32.0 Å². The number of aromatic nitrogens is 4. The van der Waals surface area contributed by atoms with Crippen molar-refractivity contribution in [2.24, 2.45) is 0 Å². The fourth-order valence-electron chi connectivity index (χ4n) is 2.42. The lowest BCUT2D eigenvalue weighted by atomic mass is 10.1. The second-order valence-corrected chi connectivity index (χ2v) is 5.24. The molecular weight excluding hydrogens is 304 g/mol. The van der Waals surface area contributed by atoms with E-state index >= 15 is 0 Å². The number of carbonyl (C=O) groups excluding carboxylic acids is 2. The van der Waals surface area contributed by atoms with Gasteiger partial charge in [-0.25, -0.2) is 0 Å². The van der Waals surface area contributed by atoms with E-state index in [1.165, 1.54) is 0 Å². The van der Waals surface area contributed by atoms with Gasteiger partial charge in [0.25, 0.3) is 11.6 Å². The molecule has 6 nitrogen and oxygen atoms in total. The van der Waals surface area contributed by atoms with E-state index in [4.69, 9.17) is 0 Å². The molecule has 0 amide bonds. The van der Waals surface area contributed by atoms with E-state index in [1.807, 2.05) is 24.3 Å². The molecule has 0 N–H and O–H groups in total. The maximum absolute atomic E-state index is 12.4. The Kier molecular flexibility index (Phi) is 3.28. The Morgan fingerprint density at radius 1 is 0.583 bits per heavy atom. The van der Waals surface area contributed by atoms with Gasteiger partial charge in [-0.1, -0.05) is 36.4 Å². The number of ketones is 2. The Bertz CT molecular complexity index is 1020. The van der Waals surface area contributed by atoms with Crippen LogP contribution >= 0.6 is 0 Å². The average Bonchev–Trinajstić information content (AvgIpc) is 2.66. The van der Waals surface area contributed by atoms with Crippen molar-refractivity contribution in [1.82, 2.24) is 20.4 Å². The average molecular weight is 314 g/mol. The number of carbonyl (C=O) groups is 2. The zero-order valence-electron chi connectivity index (χ0n) is 12.4. The van der Waals surface area contributed by atoms with Gasteiger partial charge in [-0.05, 0) is 24.3 Å². The fourth-order valence-corrected chi connectivity index (χ4v) is 2.42. The fraction of sp³-hybridized carbons (Fsp3) is 0. The van der Waals surface area contributed by atoms with Crippen LogP contribution in [0.25, 0.3) is 21.8 Å². The first-order chi connectivity index (χ1) is 11.7. The predicted octanol–water partition coefficient (Wildman–Crippen LogP) is 2.64. The van der Waals surface area contributed by atoms with Crippen molar-refractivity contribution < 1.29 is 9.59 Å². The van der Waals surface area contributed by atoms with Crippen LogP contribution in [0.3, 0.4) is 0 Å². The maximum atomic E-state index is 12.4. The minimum atomic E-state index is -0.752. The molecule has 0 aliphatic heterocycles. The molecule has 0 bridgehead atoms. The molecule has 4 aromatic rings. The summed E-state index contributed by atoms with van der Waals surface area (Å²) in [5, 5.41) is 17.1. The predicted molar refractivity (Wildman–Crippen MR) is 87.7 cm³/mol. The van der Waals surface area contributed by atoms with Crippen molar-refractivity contribution in [2.75, 3.05) is 0 Å². The Morgan fingerprint density at radius 2 is 1.00 bits per heavy atom. The van der Waals surface area contributed by atoms with Crippen molar-refractivity contribution in [3.63, 3.8) is 0 Å². The lowest BCUT2D eigenvalue weighted by Crippen LogP contribution is -2.18. The highest BCUT2D eigenvalue weighted by atomic mass is 16.2. The summed E-state index contributed by atoms with van der Waals surface area (Å²) < 4.78 is 0. The van der Waals surface area contributed by atoms with Gasteiger partial charge in [0.2, 0.25) is 0 Å². The minimum absolute atomic E-state index is 0.00587. The normalized spacial score (nSPS) is 10.8. The van der Waals surface area contributed by atoms with Crippen molar-refractivity contribution >= 4 is 33.4 Å². The van der Waals surface area contributed by atoms with Gasteiger partial charge in [-0.15, -0.1) is 20.4 Å². The zero-order valence-corrected chi connectivity index (χ0v) is 12.4. The maximum Gasteiger partial charge on any atom is 0.255 e. The van der Waals surface area contributed by atoms with Gasteiger partial charge in [0.05, 0.1) is 11.0 Å². The first-order valence-corrected chi connectivity index (χ1v) is 7.26. The Morgan fingerprint density at radius 3 is 1.46 bits per heavy atom. The van der Waals surface area contributed by atoms with Crippen LogP contribution in [0.4, 0.5) is 0 Å². The molecule has 2 aromatic carbocycles. The van der Waals surface area contributed by atoms with Gasteiger partial charge in [-0.2, -0.15) is 0 Å². The zero-order chi connectivity index (χ0) is 16.5. The SMILES string of the molecule is O=C(C(=O)c1cc2ccccc2nn1)c1cc2ccccc2nn1. The molecule has 4 rings (SSSR count). The molecule has 0 saturated carbocycles. The quantitative estimate of drug-likeness (QED) is 0.427. The number of benzene rings is 2. The molecule has 2 aromatic heterocycles. The molecule has 24 heavy (non-hydrogen) atoms. The molecule has 0 fully saturated rings. The number of rotatable bonds is 3. The summed E-state index contributed by atoms with van der Waals surface area (Å²) in [7, 11) is 0. The van der Waals surface area contributed by atoms with Crippen LogP contribution in [0.2, 0.25) is 0 Å².